The van der Waals surface area contributed by atoms with Crippen molar-refractivity contribution in [2.75, 3.05) is 19.4 Å². The maximum atomic E-state index is 13.9. The summed E-state index contributed by atoms with van der Waals surface area (Å²) in [6.45, 7) is 2.98. The van der Waals surface area contributed by atoms with E-state index in [4.69, 9.17) is 0 Å². The Morgan fingerprint density at radius 2 is 1.71 bits per heavy atom. The van der Waals surface area contributed by atoms with Gasteiger partial charge in [0.15, 0.2) is 0 Å². The Labute approximate surface area is 126 Å². The summed E-state index contributed by atoms with van der Waals surface area (Å²) in [5.41, 5.74) is 3.01. The molecule has 0 amide bonds. The average Bonchev–Trinajstić information content (AvgIpc) is 2.47. The molecule has 0 saturated carbocycles. The van der Waals surface area contributed by atoms with Crippen LogP contribution >= 0.6 is 0 Å². The van der Waals surface area contributed by atoms with E-state index in [0.717, 1.165) is 24.2 Å². The third kappa shape index (κ3) is 4.30. The molecule has 0 bridgehead atoms. The molecule has 1 N–H and O–H groups in total. The molecule has 2 aromatic carbocycles. The van der Waals surface area contributed by atoms with Gasteiger partial charge in [0.1, 0.15) is 5.82 Å². The van der Waals surface area contributed by atoms with Crippen LogP contribution in [-0.2, 0) is 6.54 Å². The van der Waals surface area contributed by atoms with Crippen LogP contribution in [0, 0.1) is 5.82 Å². The van der Waals surface area contributed by atoms with Gasteiger partial charge in [-0.25, -0.2) is 4.39 Å². The zero-order valence-electron chi connectivity index (χ0n) is 12.9. The largest absolute Gasteiger partial charge is 0.378 e. The lowest BCUT2D eigenvalue weighted by Gasteiger charge is -2.20. The number of rotatable bonds is 6. The standard InChI is InChI=1S/C18H23FN2/c1-4-18(16-7-5-6-8-17(16)19)20-15-11-9-14(10-12-15)13-21(2)3/h5-12,18,20H,4,13H2,1-3H3. The first-order chi connectivity index (χ1) is 10.1. The van der Waals surface area contributed by atoms with Crippen LogP contribution in [0.4, 0.5) is 10.1 Å². The molecule has 21 heavy (non-hydrogen) atoms. The number of hydrogen-bond acceptors (Lipinski definition) is 2. The molecular formula is C18H23FN2. The van der Waals surface area contributed by atoms with Gasteiger partial charge in [0.25, 0.3) is 0 Å². The highest BCUT2D eigenvalue weighted by atomic mass is 19.1. The number of halogens is 1. The molecule has 1 unspecified atom stereocenters. The monoisotopic (exact) mass is 286 g/mol. The second kappa shape index (κ2) is 7.23. The van der Waals surface area contributed by atoms with Crippen molar-refractivity contribution in [1.82, 2.24) is 4.90 Å². The molecule has 112 valence electrons. The van der Waals surface area contributed by atoms with E-state index in [1.165, 1.54) is 11.6 Å². The normalized spacial score (nSPS) is 12.4. The van der Waals surface area contributed by atoms with Crippen LogP contribution < -0.4 is 5.32 Å². The molecular weight excluding hydrogens is 263 g/mol. The minimum absolute atomic E-state index is 0.00843. The van der Waals surface area contributed by atoms with Crippen LogP contribution in [0.25, 0.3) is 0 Å². The van der Waals surface area contributed by atoms with Crippen LogP contribution in [0.2, 0.25) is 0 Å². The van der Waals surface area contributed by atoms with Gasteiger partial charge in [0, 0.05) is 17.8 Å². The smallest absolute Gasteiger partial charge is 0.128 e. The van der Waals surface area contributed by atoms with E-state index in [2.05, 4.69) is 55.5 Å². The summed E-state index contributed by atoms with van der Waals surface area (Å²) in [4.78, 5) is 2.14. The summed E-state index contributed by atoms with van der Waals surface area (Å²) >= 11 is 0. The van der Waals surface area contributed by atoms with Gasteiger partial charge in [-0.1, -0.05) is 37.3 Å². The van der Waals surface area contributed by atoms with Crippen molar-refractivity contribution in [1.29, 1.82) is 0 Å². The molecule has 0 aliphatic carbocycles. The Bertz CT molecular complexity index is 564. The van der Waals surface area contributed by atoms with Crippen molar-refractivity contribution in [2.24, 2.45) is 0 Å². The summed E-state index contributed by atoms with van der Waals surface area (Å²) in [6, 6.07) is 15.3. The molecule has 2 nitrogen and oxygen atoms in total. The third-order valence-corrected chi connectivity index (χ3v) is 3.48. The van der Waals surface area contributed by atoms with Crippen LogP contribution in [-0.4, -0.2) is 19.0 Å². The number of nitrogens with zero attached hydrogens (tertiary/aromatic N) is 1. The van der Waals surface area contributed by atoms with E-state index >= 15 is 0 Å². The highest BCUT2D eigenvalue weighted by molar-refractivity contribution is 5.47. The highest BCUT2D eigenvalue weighted by Crippen LogP contribution is 2.24. The molecule has 0 heterocycles. The molecule has 3 heteroatoms. The lowest BCUT2D eigenvalue weighted by Crippen LogP contribution is -2.12. The van der Waals surface area contributed by atoms with E-state index in [9.17, 15) is 4.39 Å². The Kier molecular flexibility index (Phi) is 5.34. The predicted octanol–water partition coefficient (Wildman–Crippen LogP) is 4.45. The maximum Gasteiger partial charge on any atom is 0.128 e. The molecule has 0 aliphatic heterocycles. The van der Waals surface area contributed by atoms with Crippen molar-refractivity contribution in [3.63, 3.8) is 0 Å². The minimum atomic E-state index is -0.152. The fourth-order valence-electron chi connectivity index (χ4n) is 2.43. The highest BCUT2D eigenvalue weighted by Gasteiger charge is 2.13. The van der Waals surface area contributed by atoms with Gasteiger partial charge >= 0.3 is 0 Å². The topological polar surface area (TPSA) is 15.3 Å². The quantitative estimate of drug-likeness (QED) is 0.844. The Balaban J connectivity index is 2.10. The van der Waals surface area contributed by atoms with Gasteiger partial charge in [-0.15, -0.1) is 0 Å². The molecule has 0 saturated heterocycles. The summed E-state index contributed by atoms with van der Waals surface area (Å²) in [6.07, 6.45) is 0.834. The molecule has 0 aliphatic rings. The zero-order valence-corrected chi connectivity index (χ0v) is 12.9. The fraction of sp³-hybridized carbons (Fsp3) is 0.333. The first-order valence-corrected chi connectivity index (χ1v) is 7.34. The Morgan fingerprint density at radius 1 is 1.05 bits per heavy atom. The van der Waals surface area contributed by atoms with Gasteiger partial charge in [0.05, 0.1) is 6.04 Å². The van der Waals surface area contributed by atoms with Crippen molar-refractivity contribution >= 4 is 5.69 Å². The zero-order chi connectivity index (χ0) is 15.2. The lowest BCUT2D eigenvalue weighted by atomic mass is 10.0. The van der Waals surface area contributed by atoms with Crippen molar-refractivity contribution in [3.8, 4) is 0 Å². The summed E-state index contributed by atoms with van der Waals surface area (Å²) in [5.74, 6) is -0.152. The van der Waals surface area contributed by atoms with Crippen LogP contribution in [0.5, 0.6) is 0 Å². The summed E-state index contributed by atoms with van der Waals surface area (Å²) in [5, 5.41) is 3.41. The fourth-order valence-corrected chi connectivity index (χ4v) is 2.43. The van der Waals surface area contributed by atoms with Gasteiger partial charge < -0.3 is 10.2 Å². The third-order valence-electron chi connectivity index (χ3n) is 3.48. The van der Waals surface area contributed by atoms with Crippen LogP contribution in [0.3, 0.4) is 0 Å². The molecule has 2 aromatic rings. The van der Waals surface area contributed by atoms with Gasteiger partial charge in [0.2, 0.25) is 0 Å². The SMILES string of the molecule is CCC(Nc1ccc(CN(C)C)cc1)c1ccccc1F. The van der Waals surface area contributed by atoms with E-state index in [1.54, 1.807) is 6.07 Å². The molecule has 0 aromatic heterocycles. The molecule has 0 spiro atoms. The van der Waals surface area contributed by atoms with Gasteiger partial charge in [-0.3, -0.25) is 0 Å². The lowest BCUT2D eigenvalue weighted by molar-refractivity contribution is 0.402. The van der Waals surface area contributed by atoms with Crippen molar-refractivity contribution in [2.45, 2.75) is 25.9 Å². The van der Waals surface area contributed by atoms with E-state index < -0.39 is 0 Å². The number of benzene rings is 2. The minimum Gasteiger partial charge on any atom is -0.378 e. The van der Waals surface area contributed by atoms with Gasteiger partial charge in [-0.2, -0.15) is 0 Å². The first-order valence-electron chi connectivity index (χ1n) is 7.34. The Hall–Kier alpha value is -1.87. The molecule has 1 atom stereocenters. The van der Waals surface area contributed by atoms with Crippen molar-refractivity contribution in [3.05, 3.63) is 65.5 Å². The van der Waals surface area contributed by atoms with Gasteiger partial charge in [-0.05, 0) is 44.3 Å². The maximum absolute atomic E-state index is 13.9. The second-order valence-electron chi connectivity index (χ2n) is 5.56. The van der Waals surface area contributed by atoms with E-state index in [-0.39, 0.29) is 11.9 Å². The van der Waals surface area contributed by atoms with Crippen LogP contribution in [0.15, 0.2) is 48.5 Å². The summed E-state index contributed by atoms with van der Waals surface area (Å²) in [7, 11) is 4.11. The van der Waals surface area contributed by atoms with E-state index in [0.29, 0.717) is 0 Å². The molecule has 2 rings (SSSR count). The number of nitrogens with one attached hydrogen (secondary N) is 1. The summed E-state index contributed by atoms with van der Waals surface area (Å²) < 4.78 is 13.9. The Morgan fingerprint density at radius 3 is 2.29 bits per heavy atom. The average molecular weight is 286 g/mol. The van der Waals surface area contributed by atoms with Crippen molar-refractivity contribution < 1.29 is 4.39 Å². The predicted molar refractivity (Wildman–Crippen MR) is 86.9 cm³/mol. The number of anilines is 1. The molecule has 0 radical (unpaired) electrons. The first kappa shape index (κ1) is 15.5. The second-order valence-corrected chi connectivity index (χ2v) is 5.56. The van der Waals surface area contributed by atoms with E-state index in [1.807, 2.05) is 12.1 Å². The molecule has 0 fully saturated rings. The number of hydrogen-bond donors (Lipinski definition) is 1. The van der Waals surface area contributed by atoms with Crippen LogP contribution in [0.1, 0.15) is 30.5 Å².